The van der Waals surface area contributed by atoms with Crippen molar-refractivity contribution in [3.05, 3.63) is 281 Å². The molecule has 4 aliphatic heterocycles. The van der Waals surface area contributed by atoms with Crippen LogP contribution >= 0.6 is 57.4 Å². The topological polar surface area (TPSA) is 426 Å². The third-order valence-corrected chi connectivity index (χ3v) is 22.6. The normalized spacial score (nSPS) is 13.4. The molecule has 35 nitrogen and oxygen atoms in total. The van der Waals surface area contributed by atoms with Crippen LogP contribution in [-0.4, -0.2) is 248 Å². The Balaban J connectivity index is 0.000000174. The summed E-state index contributed by atoms with van der Waals surface area (Å²) < 4.78 is 29.8. The Labute approximate surface area is 840 Å². The Morgan fingerprint density at radius 1 is 0.421 bits per heavy atom. The molecule has 736 valence electrons. The number of para-hydroxylation sites is 6. The second-order valence-corrected chi connectivity index (χ2v) is 38.6. The summed E-state index contributed by atoms with van der Waals surface area (Å²) in [5, 5.41) is 10.1. The molecule has 39 heteroatoms. The van der Waals surface area contributed by atoms with Crippen LogP contribution in [0.1, 0.15) is 206 Å². The Hall–Kier alpha value is -13.8. The molecule has 4 saturated heterocycles. The van der Waals surface area contributed by atoms with Gasteiger partial charge < -0.3 is 63.3 Å². The Kier molecular flexibility index (Phi) is 38.4. The smallest absolute Gasteiger partial charge is 0.410 e. The summed E-state index contributed by atoms with van der Waals surface area (Å²) in [5.41, 5.74) is 6.98. The van der Waals surface area contributed by atoms with Crippen LogP contribution < -0.4 is 9.47 Å². The number of alkyl halides is 1. The maximum Gasteiger partial charge on any atom is 0.410 e. The molecule has 4 N–H and O–H groups in total. The highest BCUT2D eigenvalue weighted by atomic mass is 127. The molecule has 6 aromatic carbocycles. The number of phenolic OH excluding ortho intramolecular Hbond substituents is 1. The first kappa shape index (κ1) is 108. The number of carbonyl (C=O) groups excluding carboxylic acids is 8. The van der Waals surface area contributed by atoms with Crippen molar-refractivity contribution in [3.63, 3.8) is 0 Å². The van der Waals surface area contributed by atoms with Crippen LogP contribution in [0.15, 0.2) is 214 Å². The van der Waals surface area contributed by atoms with Crippen LogP contribution in [0.25, 0.3) is 33.1 Å². The summed E-state index contributed by atoms with van der Waals surface area (Å²) in [6.07, 6.45) is 16.3. The number of aromatic amines is 3. The summed E-state index contributed by atoms with van der Waals surface area (Å²) in [4.78, 5) is 163. The lowest BCUT2D eigenvalue weighted by Gasteiger charge is -2.39. The van der Waals surface area contributed by atoms with Gasteiger partial charge in [0.15, 0.2) is 32.9 Å². The first-order valence-electron chi connectivity index (χ1n) is 44.7. The number of hydrogen-bond donors (Lipinski definition) is 4. The van der Waals surface area contributed by atoms with Crippen molar-refractivity contribution in [1.29, 1.82) is 0 Å². The fourth-order valence-electron chi connectivity index (χ4n) is 13.9. The number of rotatable bonds is 16. The van der Waals surface area contributed by atoms with Crippen molar-refractivity contribution < 1.29 is 67.1 Å². The maximum absolute atomic E-state index is 12.8. The van der Waals surface area contributed by atoms with Crippen molar-refractivity contribution in [2.24, 2.45) is 0 Å². The molecular formula is C101H115Cl3IN21O14. The predicted octanol–water partition coefficient (Wildman–Crippen LogP) is 20.1. The van der Waals surface area contributed by atoms with Gasteiger partial charge in [0, 0.05) is 179 Å². The molecule has 0 spiro atoms. The zero-order chi connectivity index (χ0) is 101. The summed E-state index contributed by atoms with van der Waals surface area (Å²) in [5.74, 6) is 2.58. The largest absolute Gasteiger partial charge is 0.508 e. The quantitative estimate of drug-likeness (QED) is 0.0302. The van der Waals surface area contributed by atoms with E-state index < -0.39 is 11.2 Å². The molecule has 0 atom stereocenters. The molecule has 0 unspecified atom stereocenters. The van der Waals surface area contributed by atoms with Gasteiger partial charge in [-0.15, -0.1) is 0 Å². The highest BCUT2D eigenvalue weighted by Gasteiger charge is 2.40. The summed E-state index contributed by atoms with van der Waals surface area (Å²) in [7, 11) is 0. The molecule has 14 aromatic rings. The number of amides is 4. The number of nitrogens with one attached hydrogen (secondary N) is 3. The van der Waals surface area contributed by atoms with Crippen LogP contribution in [0.3, 0.4) is 0 Å². The van der Waals surface area contributed by atoms with Crippen molar-refractivity contribution in [3.8, 4) is 29.0 Å². The van der Waals surface area contributed by atoms with Crippen LogP contribution in [0.5, 0.6) is 29.0 Å². The second kappa shape index (κ2) is 49.6. The number of nitrogens with zero attached hydrogens (tertiary/aromatic N) is 18. The average Bonchev–Trinajstić information content (AvgIpc) is 1.54. The number of likely N-dealkylation sites (tertiary alicyclic amines) is 4. The van der Waals surface area contributed by atoms with Gasteiger partial charge in [-0.25, -0.2) is 59.2 Å². The van der Waals surface area contributed by atoms with Gasteiger partial charge in [-0.05, 0) is 206 Å². The number of fused-ring (bicyclic) bond motifs is 3. The average molecular weight is 2080 g/mol. The first-order chi connectivity index (χ1) is 66.0. The van der Waals surface area contributed by atoms with Crippen molar-refractivity contribution in [1.82, 2.24) is 104 Å². The molecule has 12 heterocycles. The van der Waals surface area contributed by atoms with E-state index >= 15 is 0 Å². The van der Waals surface area contributed by atoms with Gasteiger partial charge in [0.2, 0.25) is 40.9 Å². The lowest BCUT2D eigenvalue weighted by Crippen LogP contribution is -2.52. The number of imidazole rings is 4. The summed E-state index contributed by atoms with van der Waals surface area (Å²) in [6, 6.07) is 43.6. The Morgan fingerprint density at radius 2 is 0.736 bits per heavy atom. The monoisotopic (exact) mass is 2080 g/mol. The molecule has 0 saturated carbocycles. The van der Waals surface area contributed by atoms with Crippen LogP contribution in [0.2, 0.25) is 15.5 Å². The Morgan fingerprint density at radius 3 is 1.02 bits per heavy atom. The number of H-pyrrole nitrogens is 3. The van der Waals surface area contributed by atoms with E-state index in [1.165, 1.54) is 42.3 Å². The number of carbonyl (C=O) groups is 8. The van der Waals surface area contributed by atoms with Crippen LogP contribution in [0.4, 0.5) is 14.4 Å². The van der Waals surface area contributed by atoms with E-state index in [1.54, 1.807) is 137 Å². The van der Waals surface area contributed by atoms with Gasteiger partial charge in [-0.3, -0.25) is 48.4 Å². The van der Waals surface area contributed by atoms with Crippen LogP contribution in [0, 0.1) is 0 Å². The summed E-state index contributed by atoms with van der Waals surface area (Å²) in [6.45, 7) is 37.1. The molecule has 0 aliphatic carbocycles. The predicted molar refractivity (Wildman–Crippen MR) is 542 cm³/mol. The molecule has 0 radical (unpaired) electrons. The standard InChI is InChI=1S/C26H25N5O4.C23H19N5O3.C14H10N2O2.C12H16ClN3O2.C8H14INO2.C8H19N.C5H6N2O.C4H2Cl2N2.CH4/c1-26(2,3)35-25(33)31-14-17(15-31)21-24(28-13-12-27-21)34-18-10-8-16(9-11-18)22(32)23-29-19-6-4-5-7-20(19)30-23;1-14(29)28-12-16(13-28)20-23(25-11-10-24-20)31-17-8-6-15(7-9-17)21(30)22-26-18-4-2-3-5-19(18)27-22;17-10-7-5-9(6-8-10)13(18)14-15-11-3-1-2-4-12(11)16-14;1-12(2,3)18-11(17)16-6-8(7-16)9-10(13)15-5-4-14-9;1-8(2,3)12-7(11)10-4-6(9)5-10;1-6-9(7(2)3)8(4)5;1-5(8)7-3-2-6-4-7;5-3-4(6)8-2-1-7-3;/h4-13,17H,14-15H2,1-3H3,(H,29,30);2-11,16H,12-13H2,1H3,(H,26,27);1-8,17H,(H,15,16);4-5,8H,6-7H2,1-3H3;6H,4-5H2,1-3H3;7-8H,6H2,1-5H3;2-4H,1H3;1-2H;1H4. The molecule has 4 fully saturated rings. The third kappa shape index (κ3) is 31.3. The minimum Gasteiger partial charge on any atom is -0.508 e. The van der Waals surface area contributed by atoms with E-state index in [-0.39, 0.29) is 100 Å². The highest BCUT2D eigenvalue weighted by Crippen LogP contribution is 2.37. The zero-order valence-corrected chi connectivity index (χ0v) is 84.3. The molecule has 0 bridgehead atoms. The van der Waals surface area contributed by atoms with E-state index in [4.69, 9.17) is 58.5 Å². The zero-order valence-electron chi connectivity index (χ0n) is 79.9. The second-order valence-electron chi connectivity index (χ2n) is 35.7. The van der Waals surface area contributed by atoms with Crippen molar-refractivity contribution >= 4 is 138 Å². The Bertz CT molecular complexity index is 6380. The number of hydrogen-bond acceptors (Lipinski definition) is 27. The summed E-state index contributed by atoms with van der Waals surface area (Å²) >= 11 is 19.1. The van der Waals surface area contributed by atoms with Gasteiger partial charge in [0.05, 0.1) is 38.8 Å². The molecular weight excluding hydrogens is 1960 g/mol. The fraction of sp³-hybridized carbons (Fsp3) is 0.347. The molecule has 140 heavy (non-hydrogen) atoms. The molecule has 8 aromatic heterocycles. The number of ether oxygens (including phenoxy) is 5. The minimum absolute atomic E-state index is 0. The van der Waals surface area contributed by atoms with E-state index in [0.29, 0.717) is 118 Å². The molecule has 18 rings (SSSR count). The van der Waals surface area contributed by atoms with E-state index in [2.05, 4.69) is 137 Å². The van der Waals surface area contributed by atoms with E-state index in [0.717, 1.165) is 64.1 Å². The number of ketones is 3. The van der Waals surface area contributed by atoms with E-state index in [1.807, 2.05) is 135 Å². The van der Waals surface area contributed by atoms with Gasteiger partial charge in [0.1, 0.15) is 51.8 Å². The van der Waals surface area contributed by atoms with Gasteiger partial charge in [0.25, 0.3) is 0 Å². The first-order valence-corrected chi connectivity index (χ1v) is 47.0. The van der Waals surface area contributed by atoms with Crippen molar-refractivity contribution in [2.75, 3.05) is 58.9 Å². The fourth-order valence-corrected chi connectivity index (χ4v) is 15.3. The SMILES string of the molecule is C.CC(=O)N1CC(c2nccnc2Oc2ccc(C(=O)c3nc4ccccc4[nH]3)cc2)C1.CC(=O)n1ccnc1.CC(C)(C)OC(=O)N1CC(I)C1.CC(C)(C)OC(=O)N1CC(c2nccnc2Cl)C1.CC(C)(C)OC(=O)N1CC(c2nccnc2Oc2ccc(C(=O)c3nc4ccccc4[nH]3)cc2)C1.CCN(C(C)C)C(C)C.Clc1nccnc1Cl.O=C(c1ccc(O)cc1)c1nc2ccccc2[nH]1. The lowest BCUT2D eigenvalue weighted by atomic mass is 9.96. The number of benzene rings is 6. The third-order valence-electron chi connectivity index (χ3n) is 20.9. The highest BCUT2D eigenvalue weighted by molar-refractivity contribution is 14.1. The van der Waals surface area contributed by atoms with Crippen LogP contribution in [-0.2, 0) is 19.0 Å². The number of phenols is 1. The van der Waals surface area contributed by atoms with Gasteiger partial charge in [-0.1, -0.05) is 108 Å². The molecule has 4 aliphatic rings. The van der Waals surface area contributed by atoms with E-state index in [9.17, 15) is 43.5 Å². The minimum atomic E-state index is -0.541. The lowest BCUT2D eigenvalue weighted by molar-refractivity contribution is -0.133. The molecule has 4 amide bonds. The number of halogens is 4. The number of aromatic nitrogens is 16. The number of aromatic hydroxyl groups is 1. The van der Waals surface area contributed by atoms with Crippen molar-refractivity contribution in [2.45, 2.75) is 169 Å². The van der Waals surface area contributed by atoms with Gasteiger partial charge in [-0.2, -0.15) is 0 Å². The maximum atomic E-state index is 12.8. The van der Waals surface area contributed by atoms with Gasteiger partial charge >= 0.3 is 18.3 Å².